The first-order valence-corrected chi connectivity index (χ1v) is 8.71. The summed E-state index contributed by atoms with van der Waals surface area (Å²) in [5.74, 6) is 2.12. The molecule has 1 aromatic carbocycles. The van der Waals surface area contributed by atoms with Crippen LogP contribution in [0.2, 0.25) is 0 Å². The van der Waals surface area contributed by atoms with Crippen LogP contribution in [0.3, 0.4) is 0 Å². The number of para-hydroxylation sites is 2. The third-order valence-corrected chi connectivity index (χ3v) is 4.93. The van der Waals surface area contributed by atoms with Gasteiger partial charge in [0, 0.05) is 25.7 Å². The zero-order valence-corrected chi connectivity index (χ0v) is 14.1. The number of aromatic amines is 1. The molecule has 7 heteroatoms. The monoisotopic (exact) mass is 360 g/mol. The maximum absolute atomic E-state index is 12.6. The topological polar surface area (TPSA) is 44.8 Å². The van der Waals surface area contributed by atoms with Gasteiger partial charge >= 0.3 is 6.18 Å². The molecule has 1 saturated heterocycles. The SMILES string of the molecule is FC(F)(F)c1ccc(N2CCC(Cc3nc4ccccc4[nH]3)CC2)nc1. The number of rotatable bonds is 3. The van der Waals surface area contributed by atoms with Gasteiger partial charge in [0.25, 0.3) is 0 Å². The number of H-pyrrole nitrogens is 1. The summed E-state index contributed by atoms with van der Waals surface area (Å²) in [4.78, 5) is 14.0. The highest BCUT2D eigenvalue weighted by molar-refractivity contribution is 5.74. The van der Waals surface area contributed by atoms with Crippen LogP contribution < -0.4 is 4.90 Å². The van der Waals surface area contributed by atoms with E-state index >= 15 is 0 Å². The van der Waals surface area contributed by atoms with E-state index in [1.807, 2.05) is 24.3 Å². The van der Waals surface area contributed by atoms with Crippen LogP contribution in [0.5, 0.6) is 0 Å². The van der Waals surface area contributed by atoms with Crippen LogP contribution >= 0.6 is 0 Å². The average molecular weight is 360 g/mol. The molecule has 136 valence electrons. The van der Waals surface area contributed by atoms with Crippen LogP contribution in [0, 0.1) is 5.92 Å². The summed E-state index contributed by atoms with van der Waals surface area (Å²) in [6, 6.07) is 10.5. The van der Waals surface area contributed by atoms with Crippen LogP contribution in [0.1, 0.15) is 24.2 Å². The zero-order chi connectivity index (χ0) is 18.1. The number of nitrogens with one attached hydrogen (secondary N) is 1. The van der Waals surface area contributed by atoms with Crippen molar-refractivity contribution >= 4 is 16.9 Å². The Balaban J connectivity index is 1.36. The van der Waals surface area contributed by atoms with Crippen molar-refractivity contribution < 1.29 is 13.2 Å². The molecule has 1 fully saturated rings. The van der Waals surface area contributed by atoms with Gasteiger partial charge in [0.15, 0.2) is 0 Å². The standard InChI is InChI=1S/C19H19F3N4/c20-19(21,22)14-5-6-18(23-12-14)26-9-7-13(8-10-26)11-17-24-15-3-1-2-4-16(15)25-17/h1-6,12-13H,7-11H2,(H,24,25). The second-order valence-corrected chi connectivity index (χ2v) is 6.74. The Morgan fingerprint density at radius 2 is 1.85 bits per heavy atom. The van der Waals surface area contributed by atoms with E-state index in [1.165, 1.54) is 6.07 Å². The Morgan fingerprint density at radius 1 is 1.08 bits per heavy atom. The van der Waals surface area contributed by atoms with Gasteiger partial charge in [-0.2, -0.15) is 13.2 Å². The average Bonchev–Trinajstić information content (AvgIpc) is 3.04. The molecule has 1 aliphatic heterocycles. The van der Waals surface area contributed by atoms with Crippen molar-refractivity contribution in [3.05, 3.63) is 54.0 Å². The molecule has 1 aliphatic rings. The number of imidazole rings is 1. The smallest absolute Gasteiger partial charge is 0.357 e. The lowest BCUT2D eigenvalue weighted by Crippen LogP contribution is -2.35. The molecule has 0 unspecified atom stereocenters. The predicted molar refractivity (Wildman–Crippen MR) is 94.0 cm³/mol. The Kier molecular flexibility index (Phi) is 4.30. The molecular weight excluding hydrogens is 341 g/mol. The summed E-state index contributed by atoms with van der Waals surface area (Å²) in [5.41, 5.74) is 1.32. The van der Waals surface area contributed by atoms with Crippen LogP contribution in [0.4, 0.5) is 19.0 Å². The minimum atomic E-state index is -4.34. The van der Waals surface area contributed by atoms with Gasteiger partial charge in [-0.3, -0.25) is 0 Å². The van der Waals surface area contributed by atoms with Crippen molar-refractivity contribution in [2.45, 2.75) is 25.4 Å². The van der Waals surface area contributed by atoms with E-state index in [4.69, 9.17) is 0 Å². The highest BCUT2D eigenvalue weighted by Crippen LogP contribution is 2.30. The molecule has 0 amide bonds. The van der Waals surface area contributed by atoms with Gasteiger partial charge in [0.2, 0.25) is 0 Å². The maximum Gasteiger partial charge on any atom is 0.417 e. The molecule has 3 aromatic rings. The molecule has 4 nitrogen and oxygen atoms in total. The van der Waals surface area contributed by atoms with Crippen LogP contribution in [0.15, 0.2) is 42.6 Å². The fraction of sp³-hybridized carbons (Fsp3) is 0.368. The van der Waals surface area contributed by atoms with Gasteiger partial charge in [-0.25, -0.2) is 9.97 Å². The van der Waals surface area contributed by atoms with E-state index in [-0.39, 0.29) is 0 Å². The second-order valence-electron chi connectivity index (χ2n) is 6.74. The molecule has 1 N–H and O–H groups in total. The summed E-state index contributed by atoms with van der Waals surface area (Å²) in [5, 5.41) is 0. The van der Waals surface area contributed by atoms with E-state index in [2.05, 4.69) is 19.9 Å². The number of nitrogens with zero attached hydrogens (tertiary/aromatic N) is 3. The quantitative estimate of drug-likeness (QED) is 0.751. The number of alkyl halides is 3. The molecule has 0 bridgehead atoms. The summed E-state index contributed by atoms with van der Waals surface area (Å²) in [6.45, 7) is 1.59. The normalized spacial score (nSPS) is 16.3. The molecule has 3 heterocycles. The molecular formula is C19H19F3N4. The summed E-state index contributed by atoms with van der Waals surface area (Å²) in [7, 11) is 0. The van der Waals surface area contributed by atoms with Gasteiger partial charge in [0.1, 0.15) is 11.6 Å². The molecule has 4 rings (SSSR count). The van der Waals surface area contributed by atoms with Gasteiger partial charge in [-0.15, -0.1) is 0 Å². The maximum atomic E-state index is 12.6. The van der Waals surface area contributed by atoms with E-state index in [9.17, 15) is 13.2 Å². The third kappa shape index (κ3) is 3.52. The molecule has 0 atom stereocenters. The van der Waals surface area contributed by atoms with E-state index < -0.39 is 11.7 Å². The Hall–Kier alpha value is -2.57. The van der Waals surface area contributed by atoms with Gasteiger partial charge < -0.3 is 9.88 Å². The fourth-order valence-corrected chi connectivity index (χ4v) is 3.48. The zero-order valence-electron chi connectivity index (χ0n) is 14.1. The van der Waals surface area contributed by atoms with Crippen molar-refractivity contribution in [1.82, 2.24) is 15.0 Å². The number of fused-ring (bicyclic) bond motifs is 1. The molecule has 0 spiro atoms. The van der Waals surface area contributed by atoms with Crippen molar-refractivity contribution in [1.29, 1.82) is 0 Å². The highest BCUT2D eigenvalue weighted by atomic mass is 19.4. The number of pyridine rings is 1. The van der Waals surface area contributed by atoms with E-state index in [0.717, 1.165) is 61.5 Å². The Labute approximate surface area is 149 Å². The number of halogens is 3. The van der Waals surface area contributed by atoms with Crippen molar-refractivity contribution in [3.63, 3.8) is 0 Å². The Bertz CT molecular complexity index is 845. The molecule has 2 aromatic heterocycles. The minimum absolute atomic E-state index is 0.515. The van der Waals surface area contributed by atoms with Crippen LogP contribution in [0.25, 0.3) is 11.0 Å². The van der Waals surface area contributed by atoms with Gasteiger partial charge in [-0.1, -0.05) is 12.1 Å². The summed E-state index contributed by atoms with van der Waals surface area (Å²) in [6.07, 6.45) is -0.594. The Morgan fingerprint density at radius 3 is 2.50 bits per heavy atom. The van der Waals surface area contributed by atoms with E-state index in [1.54, 1.807) is 0 Å². The molecule has 0 saturated carbocycles. The van der Waals surface area contributed by atoms with Crippen molar-refractivity contribution in [3.8, 4) is 0 Å². The first kappa shape index (κ1) is 16.9. The van der Waals surface area contributed by atoms with Crippen molar-refractivity contribution in [2.75, 3.05) is 18.0 Å². The lowest BCUT2D eigenvalue weighted by atomic mass is 9.93. The van der Waals surface area contributed by atoms with Gasteiger partial charge in [0.05, 0.1) is 16.6 Å². The number of hydrogen-bond acceptors (Lipinski definition) is 3. The summed E-state index contributed by atoms with van der Waals surface area (Å²) >= 11 is 0. The number of anilines is 1. The fourth-order valence-electron chi connectivity index (χ4n) is 3.48. The number of piperidine rings is 1. The predicted octanol–water partition coefficient (Wildman–Crippen LogP) is 4.44. The second kappa shape index (κ2) is 6.63. The summed E-state index contributed by atoms with van der Waals surface area (Å²) < 4.78 is 37.9. The highest BCUT2D eigenvalue weighted by Gasteiger charge is 2.31. The lowest BCUT2D eigenvalue weighted by molar-refractivity contribution is -0.137. The number of benzene rings is 1. The minimum Gasteiger partial charge on any atom is -0.357 e. The van der Waals surface area contributed by atoms with Crippen molar-refractivity contribution in [2.24, 2.45) is 5.92 Å². The van der Waals surface area contributed by atoms with E-state index in [0.29, 0.717) is 11.7 Å². The van der Waals surface area contributed by atoms with Gasteiger partial charge in [-0.05, 0) is 43.0 Å². The molecule has 0 aliphatic carbocycles. The first-order chi connectivity index (χ1) is 12.5. The molecule has 0 radical (unpaired) electrons. The molecule has 26 heavy (non-hydrogen) atoms. The largest absolute Gasteiger partial charge is 0.417 e. The lowest BCUT2D eigenvalue weighted by Gasteiger charge is -2.32. The third-order valence-electron chi connectivity index (χ3n) is 4.93. The number of aromatic nitrogens is 3. The van der Waals surface area contributed by atoms with Crippen LogP contribution in [-0.4, -0.2) is 28.0 Å². The van der Waals surface area contributed by atoms with Crippen LogP contribution in [-0.2, 0) is 12.6 Å². The number of hydrogen-bond donors (Lipinski definition) is 1. The first-order valence-electron chi connectivity index (χ1n) is 8.71.